The van der Waals surface area contributed by atoms with Gasteiger partial charge in [0.2, 0.25) is 11.8 Å². The second-order valence-electron chi connectivity index (χ2n) is 6.73. The summed E-state index contributed by atoms with van der Waals surface area (Å²) in [5, 5.41) is 0. The van der Waals surface area contributed by atoms with Crippen molar-refractivity contribution in [1.29, 1.82) is 0 Å². The smallest absolute Gasteiger partial charge is 0.228 e. The number of carbonyl (C=O) groups excluding carboxylic acids is 2. The summed E-state index contributed by atoms with van der Waals surface area (Å²) >= 11 is 3.48. The third kappa shape index (κ3) is 4.14. The van der Waals surface area contributed by atoms with Crippen LogP contribution in [0.4, 0.5) is 5.69 Å². The zero-order valence-corrected chi connectivity index (χ0v) is 17.7. The van der Waals surface area contributed by atoms with Gasteiger partial charge in [-0.05, 0) is 40.2 Å². The summed E-state index contributed by atoms with van der Waals surface area (Å²) in [5.74, 6) is 0.895. The van der Waals surface area contributed by atoms with E-state index in [-0.39, 0.29) is 24.2 Å². The predicted octanol–water partition coefficient (Wildman–Crippen LogP) is 3.48. The highest BCUT2D eigenvalue weighted by Crippen LogP contribution is 2.32. The average Bonchev–Trinajstić information content (AvgIpc) is 3.09. The summed E-state index contributed by atoms with van der Waals surface area (Å²) in [6.45, 7) is 0.774. The second-order valence-corrected chi connectivity index (χ2v) is 7.58. The fourth-order valence-corrected chi connectivity index (χ4v) is 3.90. The molecular weight excluding hydrogens is 424 g/mol. The number of ether oxygens (including phenoxy) is 2. The Morgan fingerprint density at radius 3 is 2.64 bits per heavy atom. The fraction of sp³-hybridized carbons (Fsp3) is 0.333. The number of rotatable bonds is 6. The number of benzene rings is 2. The van der Waals surface area contributed by atoms with Crippen molar-refractivity contribution in [1.82, 2.24) is 4.90 Å². The summed E-state index contributed by atoms with van der Waals surface area (Å²) in [7, 11) is 4.93. The van der Waals surface area contributed by atoms with Crippen molar-refractivity contribution in [2.24, 2.45) is 5.92 Å². The van der Waals surface area contributed by atoms with Crippen molar-refractivity contribution in [3.05, 3.63) is 52.5 Å². The van der Waals surface area contributed by atoms with Gasteiger partial charge >= 0.3 is 0 Å². The standard InChI is InChI=1S/C21H23BrN2O4/c1-23(12-14-8-9-16(27-2)11-19(14)28-3)21(26)15-10-20(25)24(13-15)18-7-5-4-6-17(18)22/h4-9,11,15H,10,12-13H2,1-3H3. The van der Waals surface area contributed by atoms with Crippen LogP contribution in [0.1, 0.15) is 12.0 Å². The molecule has 2 aromatic carbocycles. The molecule has 2 aromatic rings. The molecule has 1 aliphatic heterocycles. The number of hydrogen-bond acceptors (Lipinski definition) is 4. The Hall–Kier alpha value is -2.54. The van der Waals surface area contributed by atoms with E-state index in [4.69, 9.17) is 9.47 Å². The molecule has 3 rings (SSSR count). The molecule has 0 spiro atoms. The largest absolute Gasteiger partial charge is 0.497 e. The van der Waals surface area contributed by atoms with Crippen LogP contribution < -0.4 is 14.4 Å². The van der Waals surface area contributed by atoms with E-state index in [1.54, 1.807) is 37.1 Å². The maximum absolute atomic E-state index is 12.9. The van der Waals surface area contributed by atoms with Crippen LogP contribution in [-0.2, 0) is 16.1 Å². The van der Waals surface area contributed by atoms with E-state index in [1.807, 2.05) is 36.4 Å². The fourth-order valence-electron chi connectivity index (χ4n) is 3.40. The van der Waals surface area contributed by atoms with Crippen LogP contribution in [0.25, 0.3) is 0 Å². The topological polar surface area (TPSA) is 59.1 Å². The zero-order chi connectivity index (χ0) is 20.3. The van der Waals surface area contributed by atoms with Crippen LogP contribution in [0.3, 0.4) is 0 Å². The number of hydrogen-bond donors (Lipinski definition) is 0. The zero-order valence-electron chi connectivity index (χ0n) is 16.1. The minimum absolute atomic E-state index is 0.0410. The molecule has 1 atom stereocenters. The maximum Gasteiger partial charge on any atom is 0.228 e. The molecule has 1 heterocycles. The van der Waals surface area contributed by atoms with Crippen molar-refractivity contribution in [3.63, 3.8) is 0 Å². The van der Waals surface area contributed by atoms with Crippen LogP contribution in [0.5, 0.6) is 11.5 Å². The Balaban J connectivity index is 1.71. The normalized spacial score (nSPS) is 16.2. The maximum atomic E-state index is 12.9. The Bertz CT molecular complexity index is 886. The number of anilines is 1. The van der Waals surface area contributed by atoms with E-state index in [1.165, 1.54) is 0 Å². The molecule has 1 saturated heterocycles. The van der Waals surface area contributed by atoms with Crippen LogP contribution in [0, 0.1) is 5.92 Å². The van der Waals surface area contributed by atoms with Crippen molar-refractivity contribution in [2.75, 3.05) is 32.7 Å². The first-order valence-corrected chi connectivity index (χ1v) is 9.74. The van der Waals surface area contributed by atoms with Crippen LogP contribution >= 0.6 is 15.9 Å². The monoisotopic (exact) mass is 446 g/mol. The molecule has 0 aromatic heterocycles. The van der Waals surface area contributed by atoms with Gasteiger partial charge in [0.1, 0.15) is 11.5 Å². The first-order valence-electron chi connectivity index (χ1n) is 8.95. The van der Waals surface area contributed by atoms with Gasteiger partial charge in [0, 0.05) is 42.7 Å². The van der Waals surface area contributed by atoms with E-state index in [9.17, 15) is 9.59 Å². The van der Waals surface area contributed by atoms with Crippen molar-refractivity contribution in [2.45, 2.75) is 13.0 Å². The summed E-state index contributed by atoms with van der Waals surface area (Å²) in [6, 6.07) is 13.1. The van der Waals surface area contributed by atoms with E-state index >= 15 is 0 Å². The molecule has 0 bridgehead atoms. The van der Waals surface area contributed by atoms with Gasteiger partial charge in [-0.15, -0.1) is 0 Å². The van der Waals surface area contributed by atoms with E-state index in [0.717, 1.165) is 15.7 Å². The lowest BCUT2D eigenvalue weighted by atomic mass is 10.1. The van der Waals surface area contributed by atoms with Gasteiger partial charge < -0.3 is 19.3 Å². The van der Waals surface area contributed by atoms with E-state index in [2.05, 4.69) is 15.9 Å². The van der Waals surface area contributed by atoms with Gasteiger partial charge in [-0.3, -0.25) is 9.59 Å². The molecule has 7 heteroatoms. The molecule has 1 fully saturated rings. The number of methoxy groups -OCH3 is 2. The molecule has 0 saturated carbocycles. The molecule has 1 aliphatic rings. The lowest BCUT2D eigenvalue weighted by molar-refractivity contribution is -0.135. The van der Waals surface area contributed by atoms with Crippen LogP contribution in [0.2, 0.25) is 0 Å². The predicted molar refractivity (Wildman–Crippen MR) is 111 cm³/mol. The number of para-hydroxylation sites is 1. The van der Waals surface area contributed by atoms with Gasteiger partial charge in [0.25, 0.3) is 0 Å². The molecule has 1 unspecified atom stereocenters. The Labute approximate surface area is 173 Å². The minimum Gasteiger partial charge on any atom is -0.497 e. The lowest BCUT2D eigenvalue weighted by Gasteiger charge is -2.23. The second kappa shape index (κ2) is 8.65. The number of amides is 2. The average molecular weight is 447 g/mol. The van der Waals surface area contributed by atoms with Gasteiger partial charge in [0.05, 0.1) is 25.8 Å². The van der Waals surface area contributed by atoms with Gasteiger partial charge in [0.15, 0.2) is 0 Å². The molecule has 6 nitrogen and oxygen atoms in total. The van der Waals surface area contributed by atoms with Crippen LogP contribution in [-0.4, -0.2) is 44.5 Å². The highest BCUT2D eigenvalue weighted by Gasteiger charge is 2.37. The van der Waals surface area contributed by atoms with Gasteiger partial charge in [-0.2, -0.15) is 0 Å². The minimum atomic E-state index is -0.367. The van der Waals surface area contributed by atoms with Crippen molar-refractivity contribution >= 4 is 33.4 Å². The van der Waals surface area contributed by atoms with Gasteiger partial charge in [-0.1, -0.05) is 12.1 Å². The molecule has 2 amide bonds. The van der Waals surface area contributed by atoms with E-state index < -0.39 is 0 Å². The summed E-state index contributed by atoms with van der Waals surface area (Å²) < 4.78 is 11.5. The Morgan fingerprint density at radius 1 is 1.21 bits per heavy atom. The molecular formula is C21H23BrN2O4. The number of carbonyl (C=O) groups is 2. The summed E-state index contributed by atoms with van der Waals surface area (Å²) in [6.07, 6.45) is 0.213. The summed E-state index contributed by atoms with van der Waals surface area (Å²) in [4.78, 5) is 28.8. The first-order chi connectivity index (χ1) is 13.4. The highest BCUT2D eigenvalue weighted by molar-refractivity contribution is 9.10. The molecule has 0 radical (unpaired) electrons. The number of halogens is 1. The van der Waals surface area contributed by atoms with Crippen molar-refractivity contribution < 1.29 is 19.1 Å². The van der Waals surface area contributed by atoms with E-state index in [0.29, 0.717) is 24.6 Å². The van der Waals surface area contributed by atoms with Crippen LogP contribution in [0.15, 0.2) is 46.9 Å². The van der Waals surface area contributed by atoms with Gasteiger partial charge in [-0.25, -0.2) is 0 Å². The third-order valence-corrected chi connectivity index (χ3v) is 5.57. The molecule has 28 heavy (non-hydrogen) atoms. The first kappa shape index (κ1) is 20.2. The third-order valence-electron chi connectivity index (χ3n) is 4.90. The van der Waals surface area contributed by atoms with Crippen molar-refractivity contribution in [3.8, 4) is 11.5 Å². The quantitative estimate of drug-likeness (QED) is 0.681. The summed E-state index contributed by atoms with van der Waals surface area (Å²) in [5.41, 5.74) is 1.67. The number of nitrogens with zero attached hydrogens (tertiary/aromatic N) is 2. The molecule has 0 N–H and O–H groups in total. The Kier molecular flexibility index (Phi) is 6.24. The SMILES string of the molecule is COc1ccc(CN(C)C(=O)C2CC(=O)N(c3ccccc3Br)C2)c(OC)c1. The highest BCUT2D eigenvalue weighted by atomic mass is 79.9. The Morgan fingerprint density at radius 2 is 1.96 bits per heavy atom. The molecule has 0 aliphatic carbocycles. The molecule has 148 valence electrons. The lowest BCUT2D eigenvalue weighted by Crippen LogP contribution is -2.34.